The molecule has 23 heavy (non-hydrogen) atoms. The monoisotopic (exact) mass is 355 g/mol. The second-order valence-corrected chi connectivity index (χ2v) is 5.40. The molecule has 2 aromatic rings. The average Bonchev–Trinajstić information content (AvgIpc) is 2.98. The molecule has 0 saturated carbocycles. The minimum Gasteiger partial charge on any atom is -0.492 e. The molecule has 0 aliphatic carbocycles. The Hall–Kier alpha value is -1.62. The Morgan fingerprint density at radius 2 is 1.74 bits per heavy atom. The van der Waals surface area contributed by atoms with Crippen LogP contribution in [-0.4, -0.2) is 13.4 Å². The summed E-state index contributed by atoms with van der Waals surface area (Å²) in [6.07, 6.45) is 0. The van der Waals surface area contributed by atoms with Gasteiger partial charge < -0.3 is 19.5 Å². The van der Waals surface area contributed by atoms with E-state index in [9.17, 15) is 0 Å². The minimum atomic E-state index is 0. The van der Waals surface area contributed by atoms with E-state index >= 15 is 0 Å². The molecule has 124 valence electrons. The molecule has 1 aliphatic rings. The summed E-state index contributed by atoms with van der Waals surface area (Å²) in [7, 11) is 0. The SMILES string of the molecule is CCOc1ccc(CNCc2ccc3c(c2)OCO3)cc1Cl.Cl. The number of ether oxygens (including phenoxy) is 3. The molecule has 6 heteroatoms. The van der Waals surface area contributed by atoms with Crippen LogP contribution in [0.4, 0.5) is 0 Å². The van der Waals surface area contributed by atoms with Crippen LogP contribution in [0.1, 0.15) is 18.1 Å². The van der Waals surface area contributed by atoms with Crippen molar-refractivity contribution in [2.75, 3.05) is 13.4 Å². The van der Waals surface area contributed by atoms with Crippen molar-refractivity contribution < 1.29 is 14.2 Å². The topological polar surface area (TPSA) is 39.7 Å². The summed E-state index contributed by atoms with van der Waals surface area (Å²) < 4.78 is 16.1. The van der Waals surface area contributed by atoms with Gasteiger partial charge in [0.2, 0.25) is 6.79 Å². The van der Waals surface area contributed by atoms with Crippen molar-refractivity contribution in [2.45, 2.75) is 20.0 Å². The van der Waals surface area contributed by atoms with Crippen molar-refractivity contribution in [3.63, 3.8) is 0 Å². The van der Waals surface area contributed by atoms with Crippen LogP contribution in [0.3, 0.4) is 0 Å². The van der Waals surface area contributed by atoms with Gasteiger partial charge in [0.25, 0.3) is 0 Å². The summed E-state index contributed by atoms with van der Waals surface area (Å²) in [6, 6.07) is 11.8. The molecule has 0 atom stereocenters. The van der Waals surface area contributed by atoms with E-state index in [1.807, 2.05) is 43.3 Å². The lowest BCUT2D eigenvalue weighted by Gasteiger charge is -2.09. The van der Waals surface area contributed by atoms with E-state index in [1.54, 1.807) is 0 Å². The predicted octanol–water partition coefficient (Wildman–Crippen LogP) is 4.18. The number of fused-ring (bicyclic) bond motifs is 1. The van der Waals surface area contributed by atoms with Gasteiger partial charge in [-0.25, -0.2) is 0 Å². The van der Waals surface area contributed by atoms with Crippen LogP contribution in [0, 0.1) is 0 Å². The lowest BCUT2D eigenvalue weighted by Crippen LogP contribution is -2.12. The molecule has 0 radical (unpaired) electrons. The molecule has 1 heterocycles. The van der Waals surface area contributed by atoms with Gasteiger partial charge in [-0.1, -0.05) is 23.7 Å². The Balaban J connectivity index is 0.00000192. The summed E-state index contributed by atoms with van der Waals surface area (Å²) in [5.41, 5.74) is 2.27. The second kappa shape index (κ2) is 8.29. The maximum Gasteiger partial charge on any atom is 0.231 e. The summed E-state index contributed by atoms with van der Waals surface area (Å²) in [6.45, 7) is 4.34. The van der Waals surface area contributed by atoms with Gasteiger partial charge in [-0.05, 0) is 42.3 Å². The van der Waals surface area contributed by atoms with Crippen molar-refractivity contribution in [3.8, 4) is 17.2 Å². The lowest BCUT2D eigenvalue weighted by molar-refractivity contribution is 0.174. The number of halogens is 2. The summed E-state index contributed by atoms with van der Waals surface area (Å²) in [5.74, 6) is 2.34. The smallest absolute Gasteiger partial charge is 0.231 e. The van der Waals surface area contributed by atoms with Crippen molar-refractivity contribution >= 4 is 24.0 Å². The Morgan fingerprint density at radius 1 is 1.04 bits per heavy atom. The Kier molecular flexibility index (Phi) is 6.39. The van der Waals surface area contributed by atoms with Gasteiger partial charge in [0, 0.05) is 13.1 Å². The summed E-state index contributed by atoms with van der Waals surface area (Å²) in [5, 5.41) is 4.03. The molecule has 3 rings (SSSR count). The molecule has 0 aromatic heterocycles. The molecule has 0 unspecified atom stereocenters. The van der Waals surface area contributed by atoms with Crippen molar-refractivity contribution in [1.29, 1.82) is 0 Å². The highest BCUT2D eigenvalue weighted by atomic mass is 35.5. The lowest BCUT2D eigenvalue weighted by atomic mass is 10.2. The van der Waals surface area contributed by atoms with Crippen molar-refractivity contribution in [1.82, 2.24) is 5.32 Å². The maximum atomic E-state index is 6.18. The first-order chi connectivity index (χ1) is 10.8. The normalized spacial score (nSPS) is 11.9. The quantitative estimate of drug-likeness (QED) is 0.843. The third-order valence-corrected chi connectivity index (χ3v) is 3.69. The largest absolute Gasteiger partial charge is 0.492 e. The van der Waals surface area contributed by atoms with Crippen LogP contribution in [-0.2, 0) is 13.1 Å². The first kappa shape index (κ1) is 17.7. The van der Waals surface area contributed by atoms with Crippen LogP contribution in [0.5, 0.6) is 17.2 Å². The first-order valence-corrected chi connectivity index (χ1v) is 7.64. The number of benzene rings is 2. The molecule has 0 fully saturated rings. The number of rotatable bonds is 6. The van der Waals surface area contributed by atoms with Crippen LogP contribution < -0.4 is 19.5 Å². The fraction of sp³-hybridized carbons (Fsp3) is 0.294. The minimum absolute atomic E-state index is 0. The average molecular weight is 356 g/mol. The van der Waals surface area contributed by atoms with Gasteiger partial charge in [-0.15, -0.1) is 12.4 Å². The third kappa shape index (κ3) is 4.44. The van der Waals surface area contributed by atoms with Crippen LogP contribution in [0.2, 0.25) is 5.02 Å². The number of hydrogen-bond donors (Lipinski definition) is 1. The van der Waals surface area contributed by atoms with Crippen molar-refractivity contribution in [3.05, 3.63) is 52.5 Å². The second-order valence-electron chi connectivity index (χ2n) is 4.99. The van der Waals surface area contributed by atoms with Crippen LogP contribution >= 0.6 is 24.0 Å². The molecule has 0 spiro atoms. The highest BCUT2D eigenvalue weighted by Crippen LogP contribution is 2.32. The molecule has 0 saturated heterocycles. The fourth-order valence-corrected chi connectivity index (χ4v) is 2.59. The van der Waals surface area contributed by atoms with E-state index in [1.165, 1.54) is 0 Å². The molecular weight excluding hydrogens is 337 g/mol. The fourth-order valence-electron chi connectivity index (χ4n) is 2.33. The predicted molar refractivity (Wildman–Crippen MR) is 93.0 cm³/mol. The van der Waals surface area contributed by atoms with E-state index in [-0.39, 0.29) is 12.4 Å². The third-order valence-electron chi connectivity index (χ3n) is 3.39. The van der Waals surface area contributed by atoms with Crippen LogP contribution in [0.15, 0.2) is 36.4 Å². The Morgan fingerprint density at radius 3 is 2.48 bits per heavy atom. The van der Waals surface area contributed by atoms with Gasteiger partial charge in [-0.3, -0.25) is 0 Å². The zero-order valence-electron chi connectivity index (χ0n) is 12.8. The molecule has 0 amide bonds. The highest BCUT2D eigenvalue weighted by molar-refractivity contribution is 6.32. The van der Waals surface area contributed by atoms with Gasteiger partial charge in [-0.2, -0.15) is 0 Å². The first-order valence-electron chi connectivity index (χ1n) is 7.26. The summed E-state index contributed by atoms with van der Waals surface area (Å²) in [4.78, 5) is 0. The van der Waals surface area contributed by atoms with Gasteiger partial charge in [0.15, 0.2) is 11.5 Å². The molecule has 1 N–H and O–H groups in total. The zero-order chi connectivity index (χ0) is 15.4. The zero-order valence-corrected chi connectivity index (χ0v) is 14.4. The van der Waals surface area contributed by atoms with E-state index < -0.39 is 0 Å². The van der Waals surface area contributed by atoms with E-state index in [0.717, 1.165) is 41.5 Å². The van der Waals surface area contributed by atoms with E-state index in [0.29, 0.717) is 18.4 Å². The van der Waals surface area contributed by atoms with Gasteiger partial charge in [0.05, 0.1) is 11.6 Å². The molecule has 0 bridgehead atoms. The van der Waals surface area contributed by atoms with Crippen LogP contribution in [0.25, 0.3) is 0 Å². The van der Waals surface area contributed by atoms with Crippen molar-refractivity contribution in [2.24, 2.45) is 0 Å². The molecule has 2 aromatic carbocycles. The van der Waals surface area contributed by atoms with E-state index in [2.05, 4.69) is 5.32 Å². The number of hydrogen-bond acceptors (Lipinski definition) is 4. The van der Waals surface area contributed by atoms with Gasteiger partial charge in [0.1, 0.15) is 5.75 Å². The number of nitrogens with one attached hydrogen (secondary N) is 1. The molecule has 1 aliphatic heterocycles. The Labute approximate surface area is 147 Å². The summed E-state index contributed by atoms with van der Waals surface area (Å²) >= 11 is 6.18. The maximum absolute atomic E-state index is 6.18. The van der Waals surface area contributed by atoms with Gasteiger partial charge >= 0.3 is 0 Å². The molecular formula is C17H19Cl2NO3. The molecule has 4 nitrogen and oxygen atoms in total. The van der Waals surface area contributed by atoms with E-state index in [4.69, 9.17) is 25.8 Å². The Bertz CT molecular complexity index is 664. The standard InChI is InChI=1S/C17H18ClNO3.ClH/c1-2-20-15-5-3-12(7-14(15)18)9-19-10-13-4-6-16-17(8-13)22-11-21-16;/h3-8,19H,2,9-11H2,1H3;1H. The highest BCUT2D eigenvalue weighted by Gasteiger charge is 2.12.